The molecule has 0 aliphatic heterocycles. The molecule has 3 N–H and O–H groups in total. The third-order valence-electron chi connectivity index (χ3n) is 3.98. The largest absolute Gasteiger partial charge is 0.393 e. The third-order valence-corrected chi connectivity index (χ3v) is 3.98. The van der Waals surface area contributed by atoms with Crippen molar-refractivity contribution < 1.29 is 5.11 Å². The molecule has 0 amide bonds. The van der Waals surface area contributed by atoms with Crippen LogP contribution in [0.1, 0.15) is 45.6 Å². The molecule has 0 saturated heterocycles. The normalized spacial score (nSPS) is 22.3. The molecule has 1 aliphatic carbocycles. The summed E-state index contributed by atoms with van der Waals surface area (Å²) in [7, 11) is 0. The van der Waals surface area contributed by atoms with Gasteiger partial charge in [-0.25, -0.2) is 19.6 Å². The minimum atomic E-state index is -0.191. The highest BCUT2D eigenvalue weighted by Gasteiger charge is 2.23. The average Bonchev–Trinajstić information content (AvgIpc) is 2.90. The van der Waals surface area contributed by atoms with Crippen LogP contribution in [-0.2, 0) is 0 Å². The molecule has 0 radical (unpaired) electrons. The van der Waals surface area contributed by atoms with Gasteiger partial charge in [0.1, 0.15) is 11.4 Å². The molecule has 2 aromatic rings. The van der Waals surface area contributed by atoms with Crippen molar-refractivity contribution in [3.8, 4) is 0 Å². The van der Waals surface area contributed by atoms with E-state index in [4.69, 9.17) is 5.73 Å². The Balaban J connectivity index is 1.92. The van der Waals surface area contributed by atoms with Gasteiger partial charge in [0.25, 0.3) is 0 Å². The van der Waals surface area contributed by atoms with Crippen molar-refractivity contribution in [2.75, 3.05) is 0 Å². The van der Waals surface area contributed by atoms with Crippen LogP contribution in [0.5, 0.6) is 0 Å². The third kappa shape index (κ3) is 3.56. The monoisotopic (exact) mass is 314 g/mol. The molecule has 2 aromatic heterocycles. The van der Waals surface area contributed by atoms with Crippen LogP contribution in [0.15, 0.2) is 29.0 Å². The van der Waals surface area contributed by atoms with Crippen LogP contribution in [0, 0.1) is 0 Å². The summed E-state index contributed by atoms with van der Waals surface area (Å²) in [5, 5.41) is 14.1. The van der Waals surface area contributed by atoms with Crippen molar-refractivity contribution in [2.45, 2.75) is 51.7 Å². The highest BCUT2D eigenvalue weighted by atomic mass is 16.3. The molecule has 0 aromatic carbocycles. The second kappa shape index (κ2) is 6.45. The first-order valence-corrected chi connectivity index (χ1v) is 7.90. The number of aliphatic imine (C=N–C) groups is 1. The highest BCUT2D eigenvalue weighted by Crippen LogP contribution is 2.30. The minimum absolute atomic E-state index is 0.191. The smallest absolute Gasteiger partial charge is 0.179 e. The maximum absolute atomic E-state index is 9.66. The molecular formula is C16H22N6O. The summed E-state index contributed by atoms with van der Waals surface area (Å²) < 4.78 is 1.91. The first kappa shape index (κ1) is 15.6. The van der Waals surface area contributed by atoms with Gasteiger partial charge >= 0.3 is 0 Å². The molecule has 0 spiro atoms. The number of nitrogens with zero attached hydrogens (tertiary/aromatic N) is 5. The fourth-order valence-electron chi connectivity index (χ4n) is 2.90. The number of aromatic nitrogens is 4. The van der Waals surface area contributed by atoms with Crippen molar-refractivity contribution in [2.24, 2.45) is 10.7 Å². The molecule has 2 heterocycles. The SMILES string of the molecule is CC(C)=CC(N)=Nc1cnc2cnn(C3CCC(O)CC3)c2n1. The molecule has 1 aliphatic rings. The molecular weight excluding hydrogens is 292 g/mol. The first-order valence-electron chi connectivity index (χ1n) is 7.90. The number of rotatable bonds is 3. The summed E-state index contributed by atoms with van der Waals surface area (Å²) in [6.07, 6.45) is 8.31. The Labute approximate surface area is 135 Å². The van der Waals surface area contributed by atoms with Gasteiger partial charge in [0.05, 0.1) is 24.5 Å². The highest BCUT2D eigenvalue weighted by molar-refractivity contribution is 5.93. The van der Waals surface area contributed by atoms with E-state index in [0.717, 1.165) is 42.4 Å². The predicted octanol–water partition coefficient (Wildman–Crippen LogP) is 2.26. The van der Waals surface area contributed by atoms with E-state index in [1.54, 1.807) is 18.5 Å². The first-order chi connectivity index (χ1) is 11.0. The van der Waals surface area contributed by atoms with E-state index >= 15 is 0 Å². The van der Waals surface area contributed by atoms with Gasteiger partial charge in [-0.1, -0.05) is 5.57 Å². The van der Waals surface area contributed by atoms with Crippen molar-refractivity contribution in [1.29, 1.82) is 0 Å². The quantitative estimate of drug-likeness (QED) is 0.668. The topological polar surface area (TPSA) is 102 Å². The number of nitrogens with two attached hydrogens (primary N) is 1. The molecule has 7 nitrogen and oxygen atoms in total. The van der Waals surface area contributed by atoms with Crippen LogP contribution < -0.4 is 5.73 Å². The van der Waals surface area contributed by atoms with E-state index in [2.05, 4.69) is 20.1 Å². The van der Waals surface area contributed by atoms with E-state index in [1.165, 1.54) is 0 Å². The second-order valence-electron chi connectivity index (χ2n) is 6.25. The van der Waals surface area contributed by atoms with Crippen LogP contribution in [-0.4, -0.2) is 36.8 Å². The lowest BCUT2D eigenvalue weighted by atomic mass is 9.93. The average molecular weight is 314 g/mol. The number of amidine groups is 1. The Bertz CT molecular complexity index is 751. The number of aliphatic hydroxyl groups excluding tert-OH is 1. The van der Waals surface area contributed by atoms with Gasteiger partial charge in [-0.05, 0) is 45.6 Å². The Morgan fingerprint density at radius 1 is 1.30 bits per heavy atom. The fraction of sp³-hybridized carbons (Fsp3) is 0.500. The van der Waals surface area contributed by atoms with Crippen molar-refractivity contribution in [1.82, 2.24) is 19.7 Å². The van der Waals surface area contributed by atoms with Gasteiger partial charge in [-0.2, -0.15) is 5.10 Å². The number of aliphatic hydroxyl groups is 1. The Kier molecular flexibility index (Phi) is 4.38. The zero-order chi connectivity index (χ0) is 16.4. The van der Waals surface area contributed by atoms with Gasteiger partial charge in [0.15, 0.2) is 11.5 Å². The fourth-order valence-corrected chi connectivity index (χ4v) is 2.90. The molecule has 0 bridgehead atoms. The van der Waals surface area contributed by atoms with Gasteiger partial charge in [0.2, 0.25) is 0 Å². The second-order valence-corrected chi connectivity index (χ2v) is 6.25. The van der Waals surface area contributed by atoms with Gasteiger partial charge in [0, 0.05) is 0 Å². The Morgan fingerprint density at radius 3 is 2.74 bits per heavy atom. The van der Waals surface area contributed by atoms with Crippen LogP contribution in [0.2, 0.25) is 0 Å². The van der Waals surface area contributed by atoms with Crippen LogP contribution in [0.4, 0.5) is 5.82 Å². The van der Waals surface area contributed by atoms with E-state index < -0.39 is 0 Å². The number of fused-ring (bicyclic) bond motifs is 1. The van der Waals surface area contributed by atoms with E-state index in [1.807, 2.05) is 18.5 Å². The lowest BCUT2D eigenvalue weighted by molar-refractivity contribution is 0.109. The summed E-state index contributed by atoms with van der Waals surface area (Å²) >= 11 is 0. The van der Waals surface area contributed by atoms with Crippen molar-refractivity contribution in [3.05, 3.63) is 24.0 Å². The minimum Gasteiger partial charge on any atom is -0.393 e. The number of hydrogen-bond donors (Lipinski definition) is 2. The van der Waals surface area contributed by atoms with Crippen LogP contribution >= 0.6 is 0 Å². The maximum atomic E-state index is 9.66. The zero-order valence-electron chi connectivity index (χ0n) is 13.5. The van der Waals surface area contributed by atoms with Crippen molar-refractivity contribution in [3.63, 3.8) is 0 Å². The van der Waals surface area contributed by atoms with Crippen LogP contribution in [0.3, 0.4) is 0 Å². The van der Waals surface area contributed by atoms with Gasteiger partial charge < -0.3 is 10.8 Å². The maximum Gasteiger partial charge on any atom is 0.179 e. The number of hydrogen-bond acceptors (Lipinski definition) is 5. The summed E-state index contributed by atoms with van der Waals surface area (Å²) in [6.45, 7) is 3.92. The molecule has 1 fully saturated rings. The van der Waals surface area contributed by atoms with Gasteiger partial charge in [-0.3, -0.25) is 0 Å². The summed E-state index contributed by atoms with van der Waals surface area (Å²) in [4.78, 5) is 13.2. The standard InChI is InChI=1S/C16H22N6O/c1-10(2)7-14(17)20-15-9-18-13-8-19-22(16(13)21-15)11-3-5-12(23)6-4-11/h7-9,11-12,23H,3-6H2,1-2H3,(H2,17,20,21). The molecule has 1 saturated carbocycles. The summed E-state index contributed by atoms with van der Waals surface area (Å²) in [6, 6.07) is 0.250. The van der Waals surface area contributed by atoms with Crippen LogP contribution in [0.25, 0.3) is 11.2 Å². The summed E-state index contributed by atoms with van der Waals surface area (Å²) in [5.74, 6) is 0.885. The molecule has 23 heavy (non-hydrogen) atoms. The molecule has 0 unspecified atom stereocenters. The molecule has 0 atom stereocenters. The number of allylic oxidation sites excluding steroid dienone is 1. The van der Waals surface area contributed by atoms with E-state index in [0.29, 0.717) is 11.7 Å². The zero-order valence-corrected chi connectivity index (χ0v) is 13.5. The van der Waals surface area contributed by atoms with E-state index in [-0.39, 0.29) is 12.1 Å². The Morgan fingerprint density at radius 2 is 2.04 bits per heavy atom. The molecule has 7 heteroatoms. The summed E-state index contributed by atoms with van der Waals surface area (Å²) in [5.41, 5.74) is 8.42. The van der Waals surface area contributed by atoms with E-state index in [9.17, 15) is 5.11 Å². The molecule has 122 valence electrons. The molecule has 3 rings (SSSR count). The predicted molar refractivity (Wildman–Crippen MR) is 89.5 cm³/mol. The van der Waals surface area contributed by atoms with Gasteiger partial charge in [-0.15, -0.1) is 0 Å². The van der Waals surface area contributed by atoms with Crippen molar-refractivity contribution >= 4 is 22.8 Å². The Hall–Kier alpha value is -2.28. The lowest BCUT2D eigenvalue weighted by Gasteiger charge is -2.25. The lowest BCUT2D eigenvalue weighted by Crippen LogP contribution is -2.21.